The summed E-state index contributed by atoms with van der Waals surface area (Å²) in [6.07, 6.45) is 4.19. The Morgan fingerprint density at radius 1 is 0.763 bits per heavy atom. The monoisotopic (exact) mass is 505 g/mol. The Bertz CT molecular complexity index is 1560. The van der Waals surface area contributed by atoms with Crippen molar-refractivity contribution >= 4 is 39.8 Å². The first-order valence-corrected chi connectivity index (χ1v) is 13.1. The molecule has 192 valence electrons. The quantitative estimate of drug-likeness (QED) is 0.221. The van der Waals surface area contributed by atoms with Crippen LogP contribution in [0.3, 0.4) is 0 Å². The highest BCUT2D eigenvalue weighted by atomic mass is 16.2. The highest BCUT2D eigenvalue weighted by molar-refractivity contribution is 6.15. The van der Waals surface area contributed by atoms with Crippen molar-refractivity contribution in [1.82, 2.24) is 19.9 Å². The van der Waals surface area contributed by atoms with Gasteiger partial charge in [0.15, 0.2) is 5.65 Å². The average molecular weight is 506 g/mol. The van der Waals surface area contributed by atoms with E-state index in [4.69, 9.17) is 9.97 Å². The molecule has 0 bridgehead atoms. The summed E-state index contributed by atoms with van der Waals surface area (Å²) in [5.41, 5.74) is 4.27. The number of amides is 2. The van der Waals surface area contributed by atoms with Gasteiger partial charge in [0.2, 0.25) is 0 Å². The fraction of sp³-hybridized carbons (Fsp3) is 0.226. The molecule has 5 aromatic rings. The van der Waals surface area contributed by atoms with E-state index in [1.807, 2.05) is 77.4 Å². The molecule has 0 saturated carbocycles. The number of aromatic nitrogens is 3. The van der Waals surface area contributed by atoms with Gasteiger partial charge in [0.05, 0.1) is 17.6 Å². The fourth-order valence-corrected chi connectivity index (χ4v) is 4.58. The smallest absolute Gasteiger partial charge is 0.257 e. The third-order valence-electron chi connectivity index (χ3n) is 6.55. The summed E-state index contributed by atoms with van der Waals surface area (Å²) in [7, 11) is 0. The molecule has 2 N–H and O–H groups in total. The number of hydrogen-bond acceptors (Lipinski definition) is 4. The minimum absolute atomic E-state index is 0.272. The Labute approximate surface area is 221 Å². The van der Waals surface area contributed by atoms with Gasteiger partial charge in [-0.05, 0) is 36.2 Å². The molecule has 2 amide bonds. The first-order valence-electron chi connectivity index (χ1n) is 13.1. The van der Waals surface area contributed by atoms with Gasteiger partial charge in [0.1, 0.15) is 16.9 Å². The van der Waals surface area contributed by atoms with Crippen LogP contribution in [0.25, 0.3) is 22.2 Å². The van der Waals surface area contributed by atoms with E-state index in [0.29, 0.717) is 46.7 Å². The maximum Gasteiger partial charge on any atom is 0.257 e. The van der Waals surface area contributed by atoms with Gasteiger partial charge in [0, 0.05) is 12.1 Å². The van der Waals surface area contributed by atoms with Crippen molar-refractivity contribution in [3.05, 3.63) is 102 Å². The van der Waals surface area contributed by atoms with Crippen molar-refractivity contribution in [2.24, 2.45) is 0 Å². The molecule has 3 aromatic carbocycles. The number of unbranched alkanes of at least 4 members (excludes halogenated alkanes) is 3. The van der Waals surface area contributed by atoms with Crippen LogP contribution >= 0.6 is 0 Å². The topological polar surface area (TPSA) is 88.9 Å². The van der Waals surface area contributed by atoms with Crippen molar-refractivity contribution < 1.29 is 9.59 Å². The van der Waals surface area contributed by atoms with Crippen LogP contribution in [0.1, 0.15) is 58.9 Å². The number of carbonyl (C=O) groups excluding carboxylic acids is 2. The number of benzene rings is 3. The average Bonchev–Trinajstić information content (AvgIpc) is 3.24. The van der Waals surface area contributed by atoms with Gasteiger partial charge in [-0.3, -0.25) is 9.59 Å². The number of hydrogen-bond donors (Lipinski definition) is 2. The molecule has 0 atom stereocenters. The largest absolute Gasteiger partial charge is 0.352 e. The standard InChI is InChI=1S/C31H31N5O2/c1-2-3-4-13-20-32-31(38)26-27-29(34-25-19-12-11-18-24(25)33-27)36(21-22-14-7-5-8-15-22)28(26)35-30(37)23-16-9-6-10-17-23/h5-12,14-19H,2-4,13,20-21H2,1H3,(H,32,38)(H,35,37). The molecule has 7 nitrogen and oxygen atoms in total. The van der Waals surface area contributed by atoms with Crippen LogP contribution in [-0.4, -0.2) is 32.9 Å². The van der Waals surface area contributed by atoms with Gasteiger partial charge in [-0.1, -0.05) is 86.8 Å². The molecule has 0 fully saturated rings. The van der Waals surface area contributed by atoms with Crippen LogP contribution in [0.15, 0.2) is 84.9 Å². The summed E-state index contributed by atoms with van der Waals surface area (Å²) in [6, 6.07) is 26.5. The van der Waals surface area contributed by atoms with Crippen LogP contribution in [0.4, 0.5) is 5.82 Å². The second kappa shape index (κ2) is 11.7. The predicted molar refractivity (Wildman–Crippen MR) is 151 cm³/mol. The van der Waals surface area contributed by atoms with Gasteiger partial charge < -0.3 is 15.2 Å². The molecule has 2 aromatic heterocycles. The number of fused-ring (bicyclic) bond motifs is 2. The van der Waals surface area contributed by atoms with Gasteiger partial charge >= 0.3 is 0 Å². The van der Waals surface area contributed by atoms with Crippen molar-refractivity contribution in [2.75, 3.05) is 11.9 Å². The first-order chi connectivity index (χ1) is 18.7. The highest BCUT2D eigenvalue weighted by Gasteiger charge is 2.27. The van der Waals surface area contributed by atoms with E-state index >= 15 is 0 Å². The fourth-order valence-electron chi connectivity index (χ4n) is 4.58. The maximum atomic E-state index is 13.7. The van der Waals surface area contributed by atoms with E-state index in [0.717, 1.165) is 36.8 Å². The van der Waals surface area contributed by atoms with Crippen molar-refractivity contribution in [3.63, 3.8) is 0 Å². The second-order valence-corrected chi connectivity index (χ2v) is 9.32. The SMILES string of the molecule is CCCCCCNC(=O)c1c(NC(=O)c2ccccc2)n(Cc2ccccc2)c2nc3ccccc3nc12. The molecule has 0 saturated heterocycles. The number of nitrogens with zero attached hydrogens (tertiary/aromatic N) is 3. The number of carbonyl (C=O) groups is 2. The summed E-state index contributed by atoms with van der Waals surface area (Å²) >= 11 is 0. The van der Waals surface area contributed by atoms with Gasteiger partial charge in [-0.2, -0.15) is 0 Å². The van der Waals surface area contributed by atoms with E-state index in [1.54, 1.807) is 12.1 Å². The third-order valence-corrected chi connectivity index (χ3v) is 6.55. The molecule has 2 heterocycles. The molecule has 0 radical (unpaired) electrons. The lowest BCUT2D eigenvalue weighted by Gasteiger charge is -2.13. The zero-order valence-corrected chi connectivity index (χ0v) is 21.5. The normalized spacial score (nSPS) is 11.1. The van der Waals surface area contributed by atoms with Gasteiger partial charge in [-0.25, -0.2) is 9.97 Å². The second-order valence-electron chi connectivity index (χ2n) is 9.32. The third kappa shape index (κ3) is 5.42. The first kappa shape index (κ1) is 25.1. The summed E-state index contributed by atoms with van der Waals surface area (Å²) in [5, 5.41) is 6.09. The Balaban J connectivity index is 1.65. The van der Waals surface area contributed by atoms with Crippen molar-refractivity contribution in [2.45, 2.75) is 39.2 Å². The van der Waals surface area contributed by atoms with Gasteiger partial charge in [0.25, 0.3) is 11.8 Å². The lowest BCUT2D eigenvalue weighted by atomic mass is 10.2. The lowest BCUT2D eigenvalue weighted by Crippen LogP contribution is -2.26. The zero-order chi connectivity index (χ0) is 26.3. The van der Waals surface area contributed by atoms with Crippen LogP contribution in [0.2, 0.25) is 0 Å². The van der Waals surface area contributed by atoms with E-state index < -0.39 is 0 Å². The highest BCUT2D eigenvalue weighted by Crippen LogP contribution is 2.31. The molecule has 38 heavy (non-hydrogen) atoms. The number of nitrogens with one attached hydrogen (secondary N) is 2. The van der Waals surface area contributed by atoms with E-state index in [-0.39, 0.29) is 11.8 Å². The Morgan fingerprint density at radius 3 is 2.13 bits per heavy atom. The molecule has 0 spiro atoms. The predicted octanol–water partition coefficient (Wildman–Crippen LogP) is 6.20. The summed E-state index contributed by atoms with van der Waals surface area (Å²) in [4.78, 5) is 36.8. The molecule has 0 aliphatic rings. The minimum Gasteiger partial charge on any atom is -0.352 e. The van der Waals surface area contributed by atoms with Crippen LogP contribution in [0.5, 0.6) is 0 Å². The molecular formula is C31H31N5O2. The van der Waals surface area contributed by atoms with Crippen LogP contribution < -0.4 is 10.6 Å². The van der Waals surface area contributed by atoms with Crippen LogP contribution in [0, 0.1) is 0 Å². The van der Waals surface area contributed by atoms with E-state index in [1.165, 1.54) is 0 Å². The Hall–Kier alpha value is -4.52. The summed E-state index contributed by atoms with van der Waals surface area (Å²) in [6.45, 7) is 3.13. The zero-order valence-electron chi connectivity index (χ0n) is 21.5. The number of anilines is 1. The minimum atomic E-state index is -0.302. The molecule has 7 heteroatoms. The van der Waals surface area contributed by atoms with Crippen molar-refractivity contribution in [1.29, 1.82) is 0 Å². The maximum absolute atomic E-state index is 13.7. The number of para-hydroxylation sites is 2. The van der Waals surface area contributed by atoms with E-state index in [2.05, 4.69) is 17.6 Å². The molecule has 0 unspecified atom stereocenters. The molecule has 0 aliphatic heterocycles. The molecule has 5 rings (SSSR count). The summed E-state index contributed by atoms with van der Waals surface area (Å²) < 4.78 is 1.89. The molecule has 0 aliphatic carbocycles. The Morgan fingerprint density at radius 2 is 1.42 bits per heavy atom. The van der Waals surface area contributed by atoms with Crippen LogP contribution in [-0.2, 0) is 6.54 Å². The summed E-state index contributed by atoms with van der Waals surface area (Å²) in [5.74, 6) is -0.186. The van der Waals surface area contributed by atoms with E-state index in [9.17, 15) is 9.59 Å². The Kier molecular flexibility index (Phi) is 7.73. The number of rotatable bonds is 10. The molecular weight excluding hydrogens is 474 g/mol. The lowest BCUT2D eigenvalue weighted by molar-refractivity contribution is 0.0955. The van der Waals surface area contributed by atoms with Crippen molar-refractivity contribution in [3.8, 4) is 0 Å². The van der Waals surface area contributed by atoms with Gasteiger partial charge in [-0.15, -0.1) is 0 Å².